The molecular formula is C16H25NO. The van der Waals surface area contributed by atoms with Crippen LogP contribution in [0.15, 0.2) is 24.3 Å². The van der Waals surface area contributed by atoms with Gasteiger partial charge in [0.1, 0.15) is 5.75 Å². The first kappa shape index (κ1) is 13.4. The molecule has 1 fully saturated rings. The summed E-state index contributed by atoms with van der Waals surface area (Å²) in [6, 6.07) is 8.40. The largest absolute Gasteiger partial charge is 0.490 e. The van der Waals surface area contributed by atoms with E-state index in [0.29, 0.717) is 12.6 Å². The minimum absolute atomic E-state index is 0.400. The number of nitrogens with two attached hydrogens (primary N) is 1. The molecule has 1 aromatic carbocycles. The fraction of sp³-hybridized carbons (Fsp3) is 0.625. The summed E-state index contributed by atoms with van der Waals surface area (Å²) < 4.78 is 6.08. The average Bonchev–Trinajstić information content (AvgIpc) is 2.37. The van der Waals surface area contributed by atoms with Gasteiger partial charge in [0.2, 0.25) is 0 Å². The first-order valence-electron chi connectivity index (χ1n) is 7.14. The first-order valence-corrected chi connectivity index (χ1v) is 7.14. The Bertz CT molecular complexity index is 360. The van der Waals surface area contributed by atoms with Gasteiger partial charge in [-0.15, -0.1) is 0 Å². The Balaban J connectivity index is 1.89. The van der Waals surface area contributed by atoms with E-state index in [9.17, 15) is 0 Å². The smallest absolute Gasteiger partial charge is 0.119 e. The molecule has 0 aromatic heterocycles. The summed E-state index contributed by atoms with van der Waals surface area (Å²) in [4.78, 5) is 0. The molecule has 3 atom stereocenters. The molecule has 1 aliphatic rings. The highest BCUT2D eigenvalue weighted by atomic mass is 16.5. The Labute approximate surface area is 111 Å². The van der Waals surface area contributed by atoms with E-state index >= 15 is 0 Å². The third-order valence-electron chi connectivity index (χ3n) is 4.21. The van der Waals surface area contributed by atoms with Crippen molar-refractivity contribution in [3.8, 4) is 5.75 Å². The van der Waals surface area contributed by atoms with Gasteiger partial charge in [-0.1, -0.05) is 26.0 Å². The predicted octanol–water partition coefficient (Wildman–Crippen LogP) is 3.39. The van der Waals surface area contributed by atoms with E-state index < -0.39 is 0 Å². The van der Waals surface area contributed by atoms with Gasteiger partial charge in [-0.2, -0.15) is 0 Å². The van der Waals surface area contributed by atoms with Crippen molar-refractivity contribution in [3.05, 3.63) is 29.8 Å². The van der Waals surface area contributed by atoms with Crippen LogP contribution in [0.2, 0.25) is 0 Å². The van der Waals surface area contributed by atoms with Crippen molar-refractivity contribution in [2.45, 2.75) is 45.6 Å². The number of ether oxygens (including phenoxy) is 1. The minimum atomic E-state index is 0.400. The van der Waals surface area contributed by atoms with Gasteiger partial charge >= 0.3 is 0 Å². The van der Waals surface area contributed by atoms with Gasteiger partial charge in [-0.25, -0.2) is 0 Å². The van der Waals surface area contributed by atoms with E-state index in [-0.39, 0.29) is 0 Å². The van der Waals surface area contributed by atoms with Crippen molar-refractivity contribution in [1.82, 2.24) is 0 Å². The molecule has 1 aliphatic carbocycles. The third-order valence-corrected chi connectivity index (χ3v) is 4.21. The van der Waals surface area contributed by atoms with Gasteiger partial charge in [0.05, 0.1) is 6.10 Å². The van der Waals surface area contributed by atoms with Crippen molar-refractivity contribution < 1.29 is 4.74 Å². The fourth-order valence-corrected chi connectivity index (χ4v) is 2.70. The molecule has 2 nitrogen and oxygen atoms in total. The summed E-state index contributed by atoms with van der Waals surface area (Å²) in [6.07, 6.45) is 5.01. The van der Waals surface area contributed by atoms with Crippen LogP contribution in [0.5, 0.6) is 5.75 Å². The zero-order valence-electron chi connectivity index (χ0n) is 11.6. The van der Waals surface area contributed by atoms with Crippen LogP contribution in [-0.4, -0.2) is 12.6 Å². The highest BCUT2D eigenvalue weighted by molar-refractivity contribution is 5.27. The molecule has 1 saturated carbocycles. The molecule has 18 heavy (non-hydrogen) atoms. The summed E-state index contributed by atoms with van der Waals surface area (Å²) in [6.45, 7) is 5.39. The molecule has 0 aliphatic heterocycles. The van der Waals surface area contributed by atoms with Crippen LogP contribution in [0.3, 0.4) is 0 Å². The third kappa shape index (κ3) is 3.49. The highest BCUT2D eigenvalue weighted by Crippen LogP contribution is 2.31. The average molecular weight is 247 g/mol. The van der Waals surface area contributed by atoms with Gasteiger partial charge in [-0.3, -0.25) is 0 Å². The zero-order valence-corrected chi connectivity index (χ0v) is 11.6. The number of hydrogen-bond donors (Lipinski definition) is 1. The van der Waals surface area contributed by atoms with E-state index in [1.165, 1.54) is 24.8 Å². The molecule has 1 aromatic rings. The van der Waals surface area contributed by atoms with Gasteiger partial charge in [-0.05, 0) is 61.8 Å². The molecule has 2 N–H and O–H groups in total. The van der Waals surface area contributed by atoms with E-state index in [1.54, 1.807) is 0 Å². The van der Waals surface area contributed by atoms with Crippen LogP contribution in [0.1, 0.15) is 38.7 Å². The number of rotatable bonds is 4. The van der Waals surface area contributed by atoms with Crippen molar-refractivity contribution in [1.29, 1.82) is 0 Å². The molecule has 0 amide bonds. The van der Waals surface area contributed by atoms with Crippen molar-refractivity contribution >= 4 is 0 Å². The van der Waals surface area contributed by atoms with Gasteiger partial charge in [0.15, 0.2) is 0 Å². The lowest BCUT2D eigenvalue weighted by atomic mass is 9.80. The molecule has 0 bridgehead atoms. The first-order chi connectivity index (χ1) is 8.69. The van der Waals surface area contributed by atoms with E-state index in [0.717, 1.165) is 24.0 Å². The Hall–Kier alpha value is -1.02. The summed E-state index contributed by atoms with van der Waals surface area (Å²) in [5.74, 6) is 2.62. The molecule has 100 valence electrons. The fourth-order valence-electron chi connectivity index (χ4n) is 2.70. The van der Waals surface area contributed by atoms with Crippen molar-refractivity contribution in [3.63, 3.8) is 0 Å². The zero-order chi connectivity index (χ0) is 13.0. The van der Waals surface area contributed by atoms with Gasteiger partial charge in [0, 0.05) is 0 Å². The summed E-state index contributed by atoms with van der Waals surface area (Å²) in [5.41, 5.74) is 6.83. The normalized spacial score (nSPS) is 28.1. The lowest BCUT2D eigenvalue weighted by Gasteiger charge is -2.32. The molecule has 0 saturated heterocycles. The highest BCUT2D eigenvalue weighted by Gasteiger charge is 2.25. The Kier molecular flexibility index (Phi) is 4.65. The second-order valence-corrected chi connectivity index (χ2v) is 5.69. The van der Waals surface area contributed by atoms with Gasteiger partial charge < -0.3 is 10.5 Å². The molecular weight excluding hydrogens is 222 g/mol. The van der Waals surface area contributed by atoms with E-state index in [1.807, 2.05) is 0 Å². The second-order valence-electron chi connectivity index (χ2n) is 5.69. The maximum atomic E-state index is 6.08. The Morgan fingerprint density at radius 1 is 1.11 bits per heavy atom. The number of benzene rings is 1. The minimum Gasteiger partial charge on any atom is -0.490 e. The summed E-state index contributed by atoms with van der Waals surface area (Å²) >= 11 is 0. The van der Waals surface area contributed by atoms with Crippen LogP contribution >= 0.6 is 0 Å². The van der Waals surface area contributed by atoms with Gasteiger partial charge in [0.25, 0.3) is 0 Å². The maximum absolute atomic E-state index is 6.08. The summed E-state index contributed by atoms with van der Waals surface area (Å²) in [5, 5.41) is 0. The molecule has 0 radical (unpaired) electrons. The quantitative estimate of drug-likeness (QED) is 0.885. The van der Waals surface area contributed by atoms with E-state index in [2.05, 4.69) is 38.1 Å². The van der Waals surface area contributed by atoms with Crippen LogP contribution in [0.4, 0.5) is 0 Å². The van der Waals surface area contributed by atoms with Crippen LogP contribution in [0.25, 0.3) is 0 Å². The van der Waals surface area contributed by atoms with Crippen molar-refractivity contribution in [2.75, 3.05) is 6.54 Å². The lowest BCUT2D eigenvalue weighted by Crippen LogP contribution is -2.28. The van der Waals surface area contributed by atoms with E-state index in [4.69, 9.17) is 10.5 Å². The standard InChI is InChI=1S/C16H25NO/c1-12-3-6-16(11-13(12)2)18-15-7-4-14(5-8-15)9-10-17/h4-5,7-8,12-13,16H,3,6,9-11,17H2,1-2H3. The maximum Gasteiger partial charge on any atom is 0.119 e. The second kappa shape index (κ2) is 6.24. The Morgan fingerprint density at radius 3 is 2.44 bits per heavy atom. The SMILES string of the molecule is CC1CCC(Oc2ccc(CCN)cc2)CC1C. The Morgan fingerprint density at radius 2 is 1.83 bits per heavy atom. The predicted molar refractivity (Wildman–Crippen MR) is 75.8 cm³/mol. The molecule has 0 spiro atoms. The number of hydrogen-bond acceptors (Lipinski definition) is 2. The van der Waals surface area contributed by atoms with Crippen LogP contribution in [0, 0.1) is 11.8 Å². The van der Waals surface area contributed by atoms with Crippen molar-refractivity contribution in [2.24, 2.45) is 17.6 Å². The monoisotopic (exact) mass is 247 g/mol. The molecule has 3 unspecified atom stereocenters. The molecule has 0 heterocycles. The lowest BCUT2D eigenvalue weighted by molar-refractivity contribution is 0.101. The van der Waals surface area contributed by atoms with Crippen LogP contribution in [-0.2, 0) is 6.42 Å². The molecule has 2 heteroatoms. The molecule has 2 rings (SSSR count). The summed E-state index contributed by atoms with van der Waals surface area (Å²) in [7, 11) is 0. The van der Waals surface area contributed by atoms with Crippen LogP contribution < -0.4 is 10.5 Å². The topological polar surface area (TPSA) is 35.2 Å².